The molecule has 0 bridgehead atoms. The van der Waals surface area contributed by atoms with E-state index >= 15 is 0 Å². The molecule has 1 unspecified atom stereocenters. The van der Waals surface area contributed by atoms with E-state index in [-0.39, 0.29) is 22.8 Å². The van der Waals surface area contributed by atoms with Crippen molar-refractivity contribution >= 4 is 33.2 Å². The van der Waals surface area contributed by atoms with Gasteiger partial charge in [-0.15, -0.1) is 11.3 Å². The van der Waals surface area contributed by atoms with Crippen molar-refractivity contribution in [3.63, 3.8) is 0 Å². The summed E-state index contributed by atoms with van der Waals surface area (Å²) in [5.41, 5.74) is 0.802. The minimum absolute atomic E-state index is 0.122. The van der Waals surface area contributed by atoms with Gasteiger partial charge >= 0.3 is 0 Å². The quantitative estimate of drug-likeness (QED) is 0.732. The predicted octanol–water partition coefficient (Wildman–Crippen LogP) is 2.13. The third kappa shape index (κ3) is 5.38. The summed E-state index contributed by atoms with van der Waals surface area (Å²) in [6.45, 7) is 3.67. The molecule has 2 rings (SSSR count). The highest BCUT2D eigenvalue weighted by atomic mass is 32.2. The molecule has 0 aliphatic carbocycles. The largest absolute Gasteiger partial charge is 0.351 e. The van der Waals surface area contributed by atoms with E-state index < -0.39 is 10.0 Å². The molecule has 2 N–H and O–H groups in total. The van der Waals surface area contributed by atoms with Gasteiger partial charge in [0.1, 0.15) is 0 Å². The van der Waals surface area contributed by atoms with Gasteiger partial charge in [0, 0.05) is 25.9 Å². The van der Waals surface area contributed by atoms with Crippen molar-refractivity contribution in [1.82, 2.24) is 14.9 Å². The van der Waals surface area contributed by atoms with Gasteiger partial charge in [0.05, 0.1) is 22.4 Å². The molecule has 0 radical (unpaired) electrons. The molecule has 2 amide bonds. The molecule has 27 heavy (non-hydrogen) atoms. The molecule has 0 fully saturated rings. The summed E-state index contributed by atoms with van der Waals surface area (Å²) in [7, 11) is -0.518. The van der Waals surface area contributed by atoms with Gasteiger partial charge in [0.25, 0.3) is 5.91 Å². The van der Waals surface area contributed by atoms with Gasteiger partial charge in [0.2, 0.25) is 15.9 Å². The summed E-state index contributed by atoms with van der Waals surface area (Å²) in [6.07, 6.45) is 0. The molecule has 0 spiro atoms. The standard InChI is InChI=1S/C18H23N3O4S2/c1-12(14-5-8-16(9-6-14)27(24,25)21(3)4)20-18(23)17-10-7-15(26-17)11-19-13(2)22/h5-10,12H,11H2,1-4H3,(H,19,22)(H,20,23). The first-order chi connectivity index (χ1) is 12.6. The van der Waals surface area contributed by atoms with Gasteiger partial charge in [-0.05, 0) is 36.8 Å². The predicted molar refractivity (Wildman–Crippen MR) is 105 cm³/mol. The van der Waals surface area contributed by atoms with Crippen LogP contribution in [0.4, 0.5) is 0 Å². The molecule has 1 atom stereocenters. The first-order valence-electron chi connectivity index (χ1n) is 8.27. The van der Waals surface area contributed by atoms with Crippen molar-refractivity contribution in [3.8, 4) is 0 Å². The molecule has 2 aromatic rings. The van der Waals surface area contributed by atoms with Gasteiger partial charge in [-0.25, -0.2) is 12.7 Å². The Morgan fingerprint density at radius 2 is 1.74 bits per heavy atom. The smallest absolute Gasteiger partial charge is 0.261 e. The summed E-state index contributed by atoms with van der Waals surface area (Å²) >= 11 is 1.32. The number of hydrogen-bond donors (Lipinski definition) is 2. The second-order valence-electron chi connectivity index (χ2n) is 6.23. The molecule has 1 aromatic heterocycles. The Balaban J connectivity index is 2.03. The lowest BCUT2D eigenvalue weighted by Gasteiger charge is -2.15. The number of carbonyl (C=O) groups excluding carboxylic acids is 2. The van der Waals surface area contributed by atoms with Crippen LogP contribution in [0.2, 0.25) is 0 Å². The second-order valence-corrected chi connectivity index (χ2v) is 9.55. The van der Waals surface area contributed by atoms with Gasteiger partial charge in [-0.1, -0.05) is 12.1 Å². The monoisotopic (exact) mass is 409 g/mol. The van der Waals surface area contributed by atoms with Crippen LogP contribution in [0.3, 0.4) is 0 Å². The first kappa shape index (κ1) is 21.1. The van der Waals surface area contributed by atoms with Crippen LogP contribution in [0.25, 0.3) is 0 Å². The zero-order valence-electron chi connectivity index (χ0n) is 15.6. The van der Waals surface area contributed by atoms with Crippen LogP contribution in [-0.2, 0) is 21.4 Å². The van der Waals surface area contributed by atoms with E-state index in [0.717, 1.165) is 14.7 Å². The Hall–Kier alpha value is -2.23. The lowest BCUT2D eigenvalue weighted by molar-refractivity contribution is -0.119. The normalized spacial score (nSPS) is 12.6. The third-order valence-electron chi connectivity index (χ3n) is 3.90. The molecule has 146 valence electrons. The minimum atomic E-state index is -3.48. The van der Waals surface area contributed by atoms with E-state index in [2.05, 4.69) is 10.6 Å². The van der Waals surface area contributed by atoms with E-state index in [9.17, 15) is 18.0 Å². The lowest BCUT2D eigenvalue weighted by atomic mass is 10.1. The maximum absolute atomic E-state index is 12.4. The van der Waals surface area contributed by atoms with Gasteiger partial charge < -0.3 is 10.6 Å². The molecule has 9 heteroatoms. The van der Waals surface area contributed by atoms with Crippen molar-refractivity contribution in [2.45, 2.75) is 31.3 Å². The van der Waals surface area contributed by atoms with Gasteiger partial charge in [0.15, 0.2) is 0 Å². The highest BCUT2D eigenvalue weighted by Crippen LogP contribution is 2.20. The number of sulfonamides is 1. The van der Waals surface area contributed by atoms with Crippen molar-refractivity contribution in [2.24, 2.45) is 0 Å². The maximum atomic E-state index is 12.4. The fraction of sp³-hybridized carbons (Fsp3) is 0.333. The molecule has 1 heterocycles. The molecular formula is C18H23N3O4S2. The number of thiophene rings is 1. The topological polar surface area (TPSA) is 95.6 Å². The summed E-state index contributed by atoms with van der Waals surface area (Å²) in [4.78, 5) is 25.0. The molecule has 0 aliphatic heterocycles. The summed E-state index contributed by atoms with van der Waals surface area (Å²) < 4.78 is 25.4. The van der Waals surface area contributed by atoms with E-state index in [1.165, 1.54) is 44.5 Å². The zero-order valence-corrected chi connectivity index (χ0v) is 17.3. The maximum Gasteiger partial charge on any atom is 0.261 e. The Morgan fingerprint density at radius 1 is 1.11 bits per heavy atom. The van der Waals surface area contributed by atoms with Crippen molar-refractivity contribution in [3.05, 3.63) is 51.7 Å². The van der Waals surface area contributed by atoms with E-state index in [1.807, 2.05) is 6.92 Å². The lowest BCUT2D eigenvalue weighted by Crippen LogP contribution is -2.26. The summed E-state index contributed by atoms with van der Waals surface area (Å²) in [5, 5.41) is 5.59. The number of amides is 2. The number of carbonyl (C=O) groups is 2. The fourth-order valence-corrected chi connectivity index (χ4v) is 4.05. The van der Waals surface area contributed by atoms with Crippen LogP contribution in [0.15, 0.2) is 41.3 Å². The van der Waals surface area contributed by atoms with E-state index in [1.54, 1.807) is 24.3 Å². The average molecular weight is 410 g/mol. The summed E-state index contributed by atoms with van der Waals surface area (Å²) in [5.74, 6) is -0.339. The molecule has 0 saturated heterocycles. The highest BCUT2D eigenvalue weighted by molar-refractivity contribution is 7.89. The fourth-order valence-electron chi connectivity index (χ4n) is 2.30. The Kier molecular flexibility index (Phi) is 6.74. The number of benzene rings is 1. The zero-order chi connectivity index (χ0) is 20.2. The van der Waals surface area contributed by atoms with Crippen LogP contribution in [0, 0.1) is 0 Å². The molecule has 0 aliphatic rings. The van der Waals surface area contributed by atoms with Crippen LogP contribution in [0.5, 0.6) is 0 Å². The Morgan fingerprint density at radius 3 is 2.30 bits per heavy atom. The number of rotatable bonds is 7. The van der Waals surface area contributed by atoms with Gasteiger partial charge in [-0.3, -0.25) is 9.59 Å². The molecule has 7 nitrogen and oxygen atoms in total. The van der Waals surface area contributed by atoms with Crippen molar-refractivity contribution in [2.75, 3.05) is 14.1 Å². The third-order valence-corrected chi connectivity index (χ3v) is 6.82. The first-order valence-corrected chi connectivity index (χ1v) is 10.5. The molecule has 1 aromatic carbocycles. The minimum Gasteiger partial charge on any atom is -0.351 e. The second kappa shape index (κ2) is 8.64. The highest BCUT2D eigenvalue weighted by Gasteiger charge is 2.18. The number of nitrogens with one attached hydrogen (secondary N) is 2. The van der Waals surface area contributed by atoms with E-state index in [4.69, 9.17) is 0 Å². The Labute approximate surface area is 163 Å². The SMILES string of the molecule is CC(=O)NCc1ccc(C(=O)NC(C)c2ccc(S(=O)(=O)N(C)C)cc2)s1. The number of hydrogen-bond acceptors (Lipinski definition) is 5. The van der Waals surface area contributed by atoms with Crippen molar-refractivity contribution in [1.29, 1.82) is 0 Å². The Bertz CT molecular complexity index is 918. The van der Waals surface area contributed by atoms with Crippen LogP contribution in [-0.4, -0.2) is 38.6 Å². The van der Waals surface area contributed by atoms with Crippen LogP contribution < -0.4 is 10.6 Å². The van der Waals surface area contributed by atoms with Gasteiger partial charge in [-0.2, -0.15) is 0 Å². The molecular weight excluding hydrogens is 386 g/mol. The number of nitrogens with zero attached hydrogens (tertiary/aromatic N) is 1. The van der Waals surface area contributed by atoms with Crippen LogP contribution >= 0.6 is 11.3 Å². The van der Waals surface area contributed by atoms with Crippen molar-refractivity contribution < 1.29 is 18.0 Å². The average Bonchev–Trinajstić information content (AvgIpc) is 3.09. The van der Waals surface area contributed by atoms with Crippen LogP contribution in [0.1, 0.15) is 40.0 Å². The summed E-state index contributed by atoms with van der Waals surface area (Å²) in [6, 6.07) is 9.69. The molecule has 0 saturated carbocycles. The van der Waals surface area contributed by atoms with E-state index in [0.29, 0.717) is 11.4 Å².